The number of nitrogens with zero attached hydrogens (tertiary/aromatic N) is 4. The molecule has 8 aromatic carbocycles. The monoisotopic (exact) mass is 700 g/mol. The summed E-state index contributed by atoms with van der Waals surface area (Å²) in [6, 6.07) is 66.6. The lowest BCUT2D eigenvalue weighted by atomic mass is 9.90. The van der Waals surface area contributed by atoms with Crippen LogP contribution in [0.1, 0.15) is 0 Å². The third-order valence-electron chi connectivity index (χ3n) is 10.8. The first kappa shape index (κ1) is 31.1. The number of fused-ring (bicyclic) bond motifs is 10. The Balaban J connectivity index is 1.13. The van der Waals surface area contributed by atoms with Gasteiger partial charge in [0.1, 0.15) is 0 Å². The van der Waals surface area contributed by atoms with Crippen LogP contribution in [0.5, 0.6) is 0 Å². The second kappa shape index (κ2) is 12.6. The SMILES string of the molecule is c1ccc(-c2cc(-c3ccc4c(c3)c3ccccc3c3c4ccc4c3c3ccccc3n4-c3ccccc3)nc(-c3ccc(-c4ccccn4)cc3)n2)cc1. The van der Waals surface area contributed by atoms with E-state index >= 15 is 0 Å². The molecule has 0 bridgehead atoms. The fourth-order valence-electron chi connectivity index (χ4n) is 8.32. The maximum Gasteiger partial charge on any atom is 0.160 e. The van der Waals surface area contributed by atoms with Crippen molar-refractivity contribution >= 4 is 54.1 Å². The van der Waals surface area contributed by atoms with Crippen LogP contribution in [0.4, 0.5) is 0 Å². The zero-order valence-electron chi connectivity index (χ0n) is 29.8. The lowest BCUT2D eigenvalue weighted by molar-refractivity contribution is 1.18. The Bertz CT molecular complexity index is 3200. The maximum absolute atomic E-state index is 5.23. The van der Waals surface area contributed by atoms with Gasteiger partial charge in [-0.05, 0) is 75.5 Å². The van der Waals surface area contributed by atoms with Crippen molar-refractivity contribution in [3.8, 4) is 50.8 Å². The Hall–Kier alpha value is -7.43. The summed E-state index contributed by atoms with van der Waals surface area (Å²) in [5.74, 6) is 0.685. The van der Waals surface area contributed by atoms with Gasteiger partial charge in [-0.3, -0.25) is 4.98 Å². The van der Waals surface area contributed by atoms with Gasteiger partial charge in [-0.2, -0.15) is 0 Å². The van der Waals surface area contributed by atoms with Gasteiger partial charge in [0.25, 0.3) is 0 Å². The second-order valence-corrected chi connectivity index (χ2v) is 14.0. The highest BCUT2D eigenvalue weighted by molar-refractivity contribution is 6.35. The van der Waals surface area contributed by atoms with E-state index in [4.69, 9.17) is 9.97 Å². The van der Waals surface area contributed by atoms with Crippen LogP contribution in [0, 0.1) is 0 Å². The van der Waals surface area contributed by atoms with Crippen molar-refractivity contribution in [1.29, 1.82) is 0 Å². The Morgan fingerprint density at radius 3 is 1.69 bits per heavy atom. The van der Waals surface area contributed by atoms with Gasteiger partial charge in [0.15, 0.2) is 5.82 Å². The van der Waals surface area contributed by atoms with Crippen molar-refractivity contribution in [2.45, 2.75) is 0 Å². The van der Waals surface area contributed by atoms with Gasteiger partial charge in [-0.1, -0.05) is 140 Å². The fraction of sp³-hybridized carbons (Fsp3) is 0. The smallest absolute Gasteiger partial charge is 0.160 e. The van der Waals surface area contributed by atoms with Gasteiger partial charge in [0, 0.05) is 50.3 Å². The standard InChI is InChI=1S/C51H32N4/c1-3-13-33(14-4-1)45-32-46(54-51(53-45)35-24-22-34(23-25-35)44-20-11-12-30-52-44)36-26-27-39-41-28-29-48-50(49(41)40-18-8-7-17-38(40)43(39)31-36)42-19-9-10-21-47(42)55(48)37-15-5-2-6-16-37/h1-32H. The summed E-state index contributed by atoms with van der Waals surface area (Å²) in [6.45, 7) is 0. The summed E-state index contributed by atoms with van der Waals surface area (Å²) in [7, 11) is 0. The molecule has 4 nitrogen and oxygen atoms in total. The van der Waals surface area contributed by atoms with E-state index in [1.54, 1.807) is 0 Å². The van der Waals surface area contributed by atoms with Crippen LogP contribution >= 0.6 is 0 Å². The number of rotatable bonds is 5. The van der Waals surface area contributed by atoms with Gasteiger partial charge in [-0.25, -0.2) is 9.97 Å². The molecule has 0 aliphatic heterocycles. The minimum absolute atomic E-state index is 0.685. The van der Waals surface area contributed by atoms with Gasteiger partial charge < -0.3 is 4.57 Å². The normalized spacial score (nSPS) is 11.6. The molecule has 11 aromatic rings. The summed E-state index contributed by atoms with van der Waals surface area (Å²) in [5.41, 5.74) is 10.4. The highest BCUT2D eigenvalue weighted by Crippen LogP contribution is 2.44. The maximum atomic E-state index is 5.23. The van der Waals surface area contributed by atoms with Crippen LogP contribution in [0.2, 0.25) is 0 Å². The number of aromatic nitrogens is 4. The topological polar surface area (TPSA) is 43.6 Å². The molecule has 0 fully saturated rings. The van der Waals surface area contributed by atoms with Crippen LogP contribution in [0.3, 0.4) is 0 Å². The number of hydrogen-bond donors (Lipinski definition) is 0. The third kappa shape index (κ3) is 5.11. The number of para-hydroxylation sites is 2. The van der Waals surface area contributed by atoms with Crippen molar-refractivity contribution in [3.63, 3.8) is 0 Å². The molecule has 3 aromatic heterocycles. The number of hydrogen-bond acceptors (Lipinski definition) is 3. The molecule has 3 heterocycles. The molecule has 0 N–H and O–H groups in total. The van der Waals surface area contributed by atoms with Crippen LogP contribution in [-0.2, 0) is 0 Å². The molecule has 0 aliphatic carbocycles. The third-order valence-corrected chi connectivity index (χ3v) is 10.8. The molecule has 0 atom stereocenters. The molecular weight excluding hydrogens is 669 g/mol. The van der Waals surface area contributed by atoms with Crippen molar-refractivity contribution < 1.29 is 0 Å². The van der Waals surface area contributed by atoms with E-state index in [1.165, 1.54) is 54.1 Å². The van der Waals surface area contributed by atoms with E-state index < -0.39 is 0 Å². The lowest BCUT2D eigenvalue weighted by Gasteiger charge is -2.14. The Kier molecular flexibility index (Phi) is 7.14. The summed E-state index contributed by atoms with van der Waals surface area (Å²) >= 11 is 0. The van der Waals surface area contributed by atoms with Crippen molar-refractivity contribution in [2.75, 3.05) is 0 Å². The highest BCUT2D eigenvalue weighted by Gasteiger charge is 2.19. The van der Waals surface area contributed by atoms with Crippen molar-refractivity contribution in [1.82, 2.24) is 19.5 Å². The highest BCUT2D eigenvalue weighted by atomic mass is 15.0. The lowest BCUT2D eigenvalue weighted by Crippen LogP contribution is -1.96. The largest absolute Gasteiger partial charge is 0.309 e. The summed E-state index contributed by atoms with van der Waals surface area (Å²) in [4.78, 5) is 14.9. The minimum atomic E-state index is 0.685. The van der Waals surface area contributed by atoms with Crippen molar-refractivity contribution in [2.24, 2.45) is 0 Å². The molecule has 55 heavy (non-hydrogen) atoms. The van der Waals surface area contributed by atoms with Crippen LogP contribution < -0.4 is 0 Å². The molecule has 0 saturated heterocycles. The second-order valence-electron chi connectivity index (χ2n) is 14.0. The van der Waals surface area contributed by atoms with E-state index in [1.807, 2.05) is 30.5 Å². The van der Waals surface area contributed by atoms with Crippen LogP contribution in [0.25, 0.3) is 105 Å². The molecule has 0 spiro atoms. The molecular formula is C51H32N4. The zero-order valence-corrected chi connectivity index (χ0v) is 29.8. The average Bonchev–Trinajstić information content (AvgIpc) is 3.61. The van der Waals surface area contributed by atoms with Crippen LogP contribution in [0.15, 0.2) is 194 Å². The first-order valence-corrected chi connectivity index (χ1v) is 18.6. The summed E-state index contributed by atoms with van der Waals surface area (Å²) < 4.78 is 2.40. The van der Waals surface area contributed by atoms with Crippen molar-refractivity contribution in [3.05, 3.63) is 194 Å². The first-order chi connectivity index (χ1) is 27.3. The molecule has 0 saturated carbocycles. The molecule has 0 amide bonds. The summed E-state index contributed by atoms with van der Waals surface area (Å²) in [6.07, 6.45) is 1.82. The Morgan fingerprint density at radius 2 is 0.909 bits per heavy atom. The van der Waals surface area contributed by atoms with Gasteiger partial charge in [0.2, 0.25) is 0 Å². The molecule has 4 heteroatoms. The average molecular weight is 701 g/mol. The Morgan fingerprint density at radius 1 is 0.327 bits per heavy atom. The molecule has 256 valence electrons. The van der Waals surface area contributed by atoms with E-state index in [-0.39, 0.29) is 0 Å². The van der Waals surface area contributed by atoms with E-state index in [0.717, 1.165) is 45.0 Å². The predicted octanol–water partition coefficient (Wildman–Crippen LogP) is 13.1. The Labute approximate surface area is 317 Å². The molecule has 11 rings (SSSR count). The van der Waals surface area contributed by atoms with Gasteiger partial charge >= 0.3 is 0 Å². The fourth-order valence-corrected chi connectivity index (χ4v) is 8.32. The molecule has 0 unspecified atom stereocenters. The number of benzene rings is 8. The number of pyridine rings is 1. The zero-order chi connectivity index (χ0) is 36.3. The van der Waals surface area contributed by atoms with Crippen LogP contribution in [-0.4, -0.2) is 19.5 Å². The molecule has 0 aliphatic rings. The molecule has 0 radical (unpaired) electrons. The quantitative estimate of drug-likeness (QED) is 0.168. The first-order valence-electron chi connectivity index (χ1n) is 18.6. The summed E-state index contributed by atoms with van der Waals surface area (Å²) in [5, 5.41) is 9.94. The predicted molar refractivity (Wildman–Crippen MR) is 228 cm³/mol. The van der Waals surface area contributed by atoms with E-state index in [9.17, 15) is 0 Å². The van der Waals surface area contributed by atoms with Gasteiger partial charge in [-0.15, -0.1) is 0 Å². The minimum Gasteiger partial charge on any atom is -0.309 e. The van der Waals surface area contributed by atoms with E-state index in [2.05, 4.69) is 173 Å². The van der Waals surface area contributed by atoms with E-state index in [0.29, 0.717) is 5.82 Å². The van der Waals surface area contributed by atoms with Gasteiger partial charge in [0.05, 0.1) is 28.1 Å².